The number of aliphatic hydroxyl groups excluding tert-OH is 1. The summed E-state index contributed by atoms with van der Waals surface area (Å²) in [6.07, 6.45) is -2.64. The zero-order valence-corrected chi connectivity index (χ0v) is 11.7. The number of nitrogens with one attached hydrogen (secondary N) is 2. The van der Waals surface area contributed by atoms with E-state index in [1.54, 1.807) is 0 Å². The Labute approximate surface area is 121 Å². The Kier molecular flexibility index (Phi) is 4.63. The van der Waals surface area contributed by atoms with Gasteiger partial charge in [-0.1, -0.05) is 0 Å². The Bertz CT molecular complexity index is 506. The van der Waals surface area contributed by atoms with Gasteiger partial charge in [0, 0.05) is 19.6 Å². The van der Waals surface area contributed by atoms with Crippen molar-refractivity contribution in [3.8, 4) is 5.75 Å². The molecule has 1 aliphatic rings. The topological polar surface area (TPSA) is 64.5 Å². The van der Waals surface area contributed by atoms with Gasteiger partial charge in [-0.15, -0.1) is 0 Å². The smallest absolute Gasteiger partial charge is 0.420 e. The van der Waals surface area contributed by atoms with Crippen LogP contribution in [0, 0.1) is 0 Å². The molecule has 7 heteroatoms. The first-order valence-electron chi connectivity index (χ1n) is 6.85. The molecule has 1 fully saturated rings. The molecule has 0 bridgehead atoms. The van der Waals surface area contributed by atoms with Gasteiger partial charge in [-0.2, -0.15) is 13.2 Å². The lowest BCUT2D eigenvalue weighted by Gasteiger charge is -2.18. The lowest BCUT2D eigenvalue weighted by atomic mass is 10.1. The summed E-state index contributed by atoms with van der Waals surface area (Å²) in [6.45, 7) is 0.208. The van der Waals surface area contributed by atoms with Crippen molar-refractivity contribution in [2.24, 2.45) is 0 Å². The van der Waals surface area contributed by atoms with Gasteiger partial charge >= 0.3 is 6.18 Å². The standard InChI is InChI=1S/C14H19F3N2O2/c1-18-11-6-8(5-9(13(11)21)14(15,16)17)7-19-10-3-2-4-12(10)20/h5-6,10,12,18-21H,2-4,7H2,1H3/t10-,12+/m1/s1. The molecule has 1 saturated carbocycles. The van der Waals surface area contributed by atoms with E-state index in [1.807, 2.05) is 0 Å². The minimum Gasteiger partial charge on any atom is -0.505 e. The Morgan fingerprint density at radius 3 is 2.52 bits per heavy atom. The van der Waals surface area contributed by atoms with Crippen LogP contribution >= 0.6 is 0 Å². The second kappa shape index (κ2) is 6.11. The van der Waals surface area contributed by atoms with Gasteiger partial charge in [-0.3, -0.25) is 0 Å². The molecular formula is C14H19F3N2O2. The number of anilines is 1. The zero-order chi connectivity index (χ0) is 15.6. The molecule has 0 amide bonds. The van der Waals surface area contributed by atoms with Gasteiger partial charge in [-0.25, -0.2) is 0 Å². The van der Waals surface area contributed by atoms with E-state index in [0.717, 1.165) is 18.9 Å². The summed E-state index contributed by atoms with van der Waals surface area (Å²) in [6, 6.07) is 2.31. The first-order chi connectivity index (χ1) is 9.82. The first kappa shape index (κ1) is 15.9. The summed E-state index contributed by atoms with van der Waals surface area (Å²) in [4.78, 5) is 0. The van der Waals surface area contributed by atoms with E-state index in [4.69, 9.17) is 0 Å². The van der Waals surface area contributed by atoms with Crippen LogP contribution in [0.3, 0.4) is 0 Å². The molecule has 4 N–H and O–H groups in total. The zero-order valence-electron chi connectivity index (χ0n) is 11.7. The second-order valence-corrected chi connectivity index (χ2v) is 5.27. The number of aliphatic hydroxyl groups is 1. The number of hydrogen-bond acceptors (Lipinski definition) is 4. The van der Waals surface area contributed by atoms with Gasteiger partial charge < -0.3 is 20.8 Å². The van der Waals surface area contributed by atoms with Gasteiger partial charge in [-0.05, 0) is 37.0 Å². The maximum Gasteiger partial charge on any atom is 0.420 e. The van der Waals surface area contributed by atoms with E-state index in [-0.39, 0.29) is 18.3 Å². The molecule has 1 aromatic carbocycles. The summed E-state index contributed by atoms with van der Waals surface area (Å²) in [5.74, 6) is -0.797. The highest BCUT2D eigenvalue weighted by molar-refractivity contribution is 5.61. The normalized spacial score (nSPS) is 22.5. The fourth-order valence-corrected chi connectivity index (χ4v) is 2.63. The Balaban J connectivity index is 2.19. The molecular weight excluding hydrogens is 285 g/mol. The highest BCUT2D eigenvalue weighted by atomic mass is 19.4. The van der Waals surface area contributed by atoms with Gasteiger partial charge in [0.2, 0.25) is 0 Å². The highest BCUT2D eigenvalue weighted by Gasteiger charge is 2.35. The Hall–Kier alpha value is -1.47. The van der Waals surface area contributed by atoms with Crippen LogP contribution < -0.4 is 10.6 Å². The maximum absolute atomic E-state index is 12.9. The largest absolute Gasteiger partial charge is 0.505 e. The quantitative estimate of drug-likeness (QED) is 0.645. The first-order valence-corrected chi connectivity index (χ1v) is 6.85. The van der Waals surface area contributed by atoms with Crippen molar-refractivity contribution in [2.45, 2.75) is 44.1 Å². The molecule has 1 aromatic rings. The third kappa shape index (κ3) is 3.59. The number of hydrogen-bond donors (Lipinski definition) is 4. The molecule has 0 saturated heterocycles. The number of rotatable bonds is 4. The van der Waals surface area contributed by atoms with Crippen LogP contribution in [-0.4, -0.2) is 29.4 Å². The molecule has 2 atom stereocenters. The van der Waals surface area contributed by atoms with Crippen LogP contribution in [0.1, 0.15) is 30.4 Å². The van der Waals surface area contributed by atoms with Crippen LogP contribution in [0.2, 0.25) is 0 Å². The maximum atomic E-state index is 12.9. The highest BCUT2D eigenvalue weighted by Crippen LogP contribution is 2.40. The van der Waals surface area contributed by atoms with E-state index in [9.17, 15) is 23.4 Å². The lowest BCUT2D eigenvalue weighted by molar-refractivity contribution is -0.138. The van der Waals surface area contributed by atoms with Crippen LogP contribution in [0.15, 0.2) is 12.1 Å². The second-order valence-electron chi connectivity index (χ2n) is 5.27. The number of phenols is 1. The predicted molar refractivity (Wildman–Crippen MR) is 73.1 cm³/mol. The minimum absolute atomic E-state index is 0.0357. The minimum atomic E-state index is -4.61. The number of aromatic hydroxyl groups is 1. The van der Waals surface area contributed by atoms with Crippen LogP contribution in [-0.2, 0) is 12.7 Å². The third-order valence-corrected chi connectivity index (χ3v) is 3.79. The monoisotopic (exact) mass is 304 g/mol. The summed E-state index contributed by atoms with van der Waals surface area (Å²) in [5.41, 5.74) is -0.615. The van der Waals surface area contributed by atoms with Crippen molar-refractivity contribution in [2.75, 3.05) is 12.4 Å². The molecule has 0 spiro atoms. The van der Waals surface area contributed by atoms with Gasteiger partial charge in [0.15, 0.2) is 5.75 Å². The average molecular weight is 304 g/mol. The molecule has 4 nitrogen and oxygen atoms in total. The van der Waals surface area contributed by atoms with E-state index < -0.39 is 23.6 Å². The number of alkyl halides is 3. The van der Waals surface area contributed by atoms with Crippen molar-refractivity contribution in [1.29, 1.82) is 0 Å². The molecule has 0 unspecified atom stereocenters. The van der Waals surface area contributed by atoms with E-state index in [2.05, 4.69) is 10.6 Å². The fraction of sp³-hybridized carbons (Fsp3) is 0.571. The van der Waals surface area contributed by atoms with Gasteiger partial charge in [0.1, 0.15) is 0 Å². The van der Waals surface area contributed by atoms with E-state index >= 15 is 0 Å². The summed E-state index contributed by atoms with van der Waals surface area (Å²) < 4.78 is 38.7. The molecule has 118 valence electrons. The van der Waals surface area contributed by atoms with Gasteiger partial charge in [0.25, 0.3) is 0 Å². The van der Waals surface area contributed by atoms with Crippen LogP contribution in [0.25, 0.3) is 0 Å². The van der Waals surface area contributed by atoms with Crippen LogP contribution in [0.5, 0.6) is 5.75 Å². The average Bonchev–Trinajstić information content (AvgIpc) is 2.81. The van der Waals surface area contributed by atoms with Crippen molar-refractivity contribution in [3.05, 3.63) is 23.3 Å². The van der Waals surface area contributed by atoms with Crippen LogP contribution in [0.4, 0.5) is 18.9 Å². The summed E-state index contributed by atoms with van der Waals surface area (Å²) in [7, 11) is 1.45. The molecule has 0 aliphatic heterocycles. The lowest BCUT2D eigenvalue weighted by Crippen LogP contribution is -2.35. The predicted octanol–water partition coefficient (Wildman–Crippen LogP) is 2.46. The van der Waals surface area contributed by atoms with Crippen molar-refractivity contribution in [3.63, 3.8) is 0 Å². The fourth-order valence-electron chi connectivity index (χ4n) is 2.63. The molecule has 0 aromatic heterocycles. The molecule has 0 heterocycles. The van der Waals surface area contributed by atoms with Gasteiger partial charge in [0.05, 0.1) is 17.4 Å². The van der Waals surface area contributed by atoms with Crippen molar-refractivity contribution >= 4 is 5.69 Å². The third-order valence-electron chi connectivity index (χ3n) is 3.79. The van der Waals surface area contributed by atoms with Crippen molar-refractivity contribution in [1.82, 2.24) is 5.32 Å². The molecule has 1 aliphatic carbocycles. The number of benzene rings is 1. The summed E-state index contributed by atoms with van der Waals surface area (Å²) in [5, 5.41) is 25.0. The SMILES string of the molecule is CNc1cc(CN[C@@H]2CCC[C@@H]2O)cc(C(F)(F)F)c1O. The van der Waals surface area contributed by atoms with E-state index in [1.165, 1.54) is 13.1 Å². The molecule has 0 radical (unpaired) electrons. The molecule has 21 heavy (non-hydrogen) atoms. The number of halogens is 3. The van der Waals surface area contributed by atoms with E-state index in [0.29, 0.717) is 12.0 Å². The van der Waals surface area contributed by atoms with Crippen molar-refractivity contribution < 1.29 is 23.4 Å². The Morgan fingerprint density at radius 1 is 1.29 bits per heavy atom. The molecule has 2 rings (SSSR count). The summed E-state index contributed by atoms with van der Waals surface area (Å²) >= 11 is 0. The Morgan fingerprint density at radius 2 is 2.00 bits per heavy atom. The number of phenolic OH excluding ortho intramolecular Hbond substituents is 1.